The van der Waals surface area contributed by atoms with Crippen molar-refractivity contribution in [3.8, 4) is 0 Å². The molecule has 0 amide bonds. The molecule has 0 aromatic carbocycles. The molecule has 1 heteroatoms. The minimum atomic E-state index is 1.20. The molecule has 0 fully saturated rings. The van der Waals surface area contributed by atoms with Gasteiger partial charge in [-0.05, 0) is 42.6 Å². The SMILES string of the molecule is CC.CS/C=C(/C)C1=CCCC=C1. The molecular weight excluding hydrogens is 176 g/mol. The van der Waals surface area contributed by atoms with E-state index in [1.807, 2.05) is 13.8 Å². The monoisotopic (exact) mass is 196 g/mol. The molecule has 1 aliphatic carbocycles. The molecule has 0 N–H and O–H groups in total. The van der Waals surface area contributed by atoms with E-state index >= 15 is 0 Å². The van der Waals surface area contributed by atoms with Crippen LogP contribution < -0.4 is 0 Å². The van der Waals surface area contributed by atoms with Gasteiger partial charge in [-0.15, -0.1) is 11.8 Å². The summed E-state index contributed by atoms with van der Waals surface area (Å²) in [5, 5.41) is 2.20. The van der Waals surface area contributed by atoms with Gasteiger partial charge in [-0.2, -0.15) is 0 Å². The Labute approximate surface area is 86.8 Å². The van der Waals surface area contributed by atoms with E-state index in [9.17, 15) is 0 Å². The highest BCUT2D eigenvalue weighted by atomic mass is 32.2. The van der Waals surface area contributed by atoms with Crippen molar-refractivity contribution in [2.75, 3.05) is 6.26 Å². The summed E-state index contributed by atoms with van der Waals surface area (Å²) in [6, 6.07) is 0. The molecule has 0 spiro atoms. The van der Waals surface area contributed by atoms with Crippen LogP contribution in [-0.2, 0) is 0 Å². The van der Waals surface area contributed by atoms with Crippen molar-refractivity contribution in [1.82, 2.24) is 0 Å². The third kappa shape index (κ3) is 4.99. The predicted molar refractivity (Wildman–Crippen MR) is 65.1 cm³/mol. The molecule has 0 saturated carbocycles. The Morgan fingerprint density at radius 1 is 1.38 bits per heavy atom. The van der Waals surface area contributed by atoms with Crippen LogP contribution in [0.2, 0.25) is 0 Å². The van der Waals surface area contributed by atoms with Crippen LogP contribution in [0.3, 0.4) is 0 Å². The molecule has 0 bridgehead atoms. The summed E-state index contributed by atoms with van der Waals surface area (Å²) in [6.07, 6.45) is 11.3. The van der Waals surface area contributed by atoms with Crippen LogP contribution in [0.15, 0.2) is 34.8 Å². The number of thioether (sulfide) groups is 1. The quantitative estimate of drug-likeness (QED) is 0.624. The molecule has 1 rings (SSSR count). The second kappa shape index (κ2) is 8.18. The maximum absolute atomic E-state index is 2.31. The maximum atomic E-state index is 2.31. The molecule has 0 nitrogen and oxygen atoms in total. The summed E-state index contributed by atoms with van der Waals surface area (Å²) < 4.78 is 0. The highest BCUT2D eigenvalue weighted by Gasteiger charge is 1.97. The van der Waals surface area contributed by atoms with E-state index in [1.54, 1.807) is 11.8 Å². The van der Waals surface area contributed by atoms with Gasteiger partial charge in [-0.1, -0.05) is 32.1 Å². The summed E-state index contributed by atoms with van der Waals surface area (Å²) in [6.45, 7) is 6.16. The normalized spacial score (nSPS) is 16.0. The number of rotatable bonds is 2. The Balaban J connectivity index is 0.000000671. The molecule has 0 aliphatic heterocycles. The van der Waals surface area contributed by atoms with Gasteiger partial charge < -0.3 is 0 Å². The molecule has 1 aliphatic rings. The number of hydrogen-bond donors (Lipinski definition) is 0. The molecule has 0 atom stereocenters. The zero-order valence-corrected chi connectivity index (χ0v) is 9.95. The lowest BCUT2D eigenvalue weighted by molar-refractivity contribution is 1.02. The fourth-order valence-electron chi connectivity index (χ4n) is 1.15. The first-order valence-electron chi connectivity index (χ1n) is 4.91. The van der Waals surface area contributed by atoms with E-state index in [-0.39, 0.29) is 0 Å². The number of allylic oxidation sites excluding steroid dienone is 5. The van der Waals surface area contributed by atoms with Crippen LogP contribution >= 0.6 is 11.8 Å². The second-order valence-electron chi connectivity index (χ2n) is 2.68. The van der Waals surface area contributed by atoms with E-state index < -0.39 is 0 Å². The van der Waals surface area contributed by atoms with Crippen molar-refractivity contribution in [2.24, 2.45) is 0 Å². The molecular formula is C12H20S. The molecule has 0 heterocycles. The van der Waals surface area contributed by atoms with E-state index in [1.165, 1.54) is 24.0 Å². The predicted octanol–water partition coefficient (Wildman–Crippen LogP) is 4.56. The molecule has 13 heavy (non-hydrogen) atoms. The van der Waals surface area contributed by atoms with E-state index in [2.05, 4.69) is 36.8 Å². The maximum Gasteiger partial charge on any atom is -0.0142 e. The van der Waals surface area contributed by atoms with Gasteiger partial charge in [-0.3, -0.25) is 0 Å². The Morgan fingerprint density at radius 2 is 2.08 bits per heavy atom. The van der Waals surface area contributed by atoms with Gasteiger partial charge in [0.2, 0.25) is 0 Å². The Bertz CT molecular complexity index is 209. The van der Waals surface area contributed by atoms with E-state index in [4.69, 9.17) is 0 Å². The first-order chi connectivity index (χ1) is 6.34. The highest BCUT2D eigenvalue weighted by Crippen LogP contribution is 2.19. The molecule has 74 valence electrons. The van der Waals surface area contributed by atoms with Crippen molar-refractivity contribution in [1.29, 1.82) is 0 Å². The van der Waals surface area contributed by atoms with Crippen LogP contribution in [0.5, 0.6) is 0 Å². The summed E-state index contributed by atoms with van der Waals surface area (Å²) in [5.74, 6) is 0. The third-order valence-corrected chi connectivity index (χ3v) is 2.33. The van der Waals surface area contributed by atoms with Crippen LogP contribution in [0.4, 0.5) is 0 Å². The number of hydrogen-bond acceptors (Lipinski definition) is 1. The lowest BCUT2D eigenvalue weighted by Crippen LogP contribution is -1.85. The van der Waals surface area contributed by atoms with E-state index in [0.29, 0.717) is 0 Å². The van der Waals surface area contributed by atoms with Crippen molar-refractivity contribution >= 4 is 11.8 Å². The van der Waals surface area contributed by atoms with Gasteiger partial charge >= 0.3 is 0 Å². The van der Waals surface area contributed by atoms with Gasteiger partial charge in [0.25, 0.3) is 0 Å². The Morgan fingerprint density at radius 3 is 2.54 bits per heavy atom. The summed E-state index contributed by atoms with van der Waals surface area (Å²) in [7, 11) is 0. The van der Waals surface area contributed by atoms with Gasteiger partial charge in [0.05, 0.1) is 0 Å². The van der Waals surface area contributed by atoms with Crippen molar-refractivity contribution in [2.45, 2.75) is 33.6 Å². The van der Waals surface area contributed by atoms with Gasteiger partial charge in [0.15, 0.2) is 0 Å². The molecule has 0 radical (unpaired) electrons. The lowest BCUT2D eigenvalue weighted by atomic mass is 10.0. The van der Waals surface area contributed by atoms with Crippen LogP contribution in [0.25, 0.3) is 0 Å². The van der Waals surface area contributed by atoms with Crippen molar-refractivity contribution < 1.29 is 0 Å². The highest BCUT2D eigenvalue weighted by molar-refractivity contribution is 8.01. The first kappa shape index (κ1) is 12.6. The standard InChI is InChI=1S/C10H14S.C2H6/c1-9(8-11-2)10-6-4-3-5-7-10;1-2/h4,6-8H,3,5H2,1-2H3;1-2H3/b9-8-;. The van der Waals surface area contributed by atoms with Gasteiger partial charge in [-0.25, -0.2) is 0 Å². The average molecular weight is 196 g/mol. The van der Waals surface area contributed by atoms with Crippen LogP contribution in [0, 0.1) is 0 Å². The van der Waals surface area contributed by atoms with Gasteiger partial charge in [0.1, 0.15) is 0 Å². The Hall–Kier alpha value is -0.430. The second-order valence-corrected chi connectivity index (χ2v) is 3.38. The van der Waals surface area contributed by atoms with E-state index in [0.717, 1.165) is 0 Å². The molecule has 0 aromatic rings. The fourth-order valence-corrected chi connectivity index (χ4v) is 1.64. The van der Waals surface area contributed by atoms with Crippen LogP contribution in [-0.4, -0.2) is 6.26 Å². The Kier molecular flexibility index (Phi) is 7.91. The van der Waals surface area contributed by atoms with Gasteiger partial charge in [0, 0.05) is 0 Å². The largest absolute Gasteiger partial charge is 0.137 e. The first-order valence-corrected chi connectivity index (χ1v) is 6.20. The third-order valence-electron chi connectivity index (χ3n) is 1.74. The smallest absolute Gasteiger partial charge is 0.0142 e. The zero-order valence-electron chi connectivity index (χ0n) is 9.13. The minimum Gasteiger partial charge on any atom is -0.137 e. The molecule has 0 aromatic heterocycles. The summed E-state index contributed by atoms with van der Waals surface area (Å²) in [5.41, 5.74) is 2.78. The summed E-state index contributed by atoms with van der Waals surface area (Å²) >= 11 is 1.77. The minimum absolute atomic E-state index is 1.20. The average Bonchev–Trinajstić information content (AvgIpc) is 2.23. The molecule has 0 saturated heterocycles. The topological polar surface area (TPSA) is 0 Å². The lowest BCUT2D eigenvalue weighted by Gasteiger charge is -2.05. The van der Waals surface area contributed by atoms with Crippen molar-refractivity contribution in [3.63, 3.8) is 0 Å². The zero-order chi connectivity index (χ0) is 10.1. The van der Waals surface area contributed by atoms with Crippen molar-refractivity contribution in [3.05, 3.63) is 34.8 Å². The molecule has 0 unspecified atom stereocenters. The summed E-state index contributed by atoms with van der Waals surface area (Å²) in [4.78, 5) is 0. The van der Waals surface area contributed by atoms with Crippen LogP contribution in [0.1, 0.15) is 33.6 Å². The fraction of sp³-hybridized carbons (Fsp3) is 0.500.